The molecule has 2 rings (SSSR count). The Morgan fingerprint density at radius 3 is 2.75 bits per heavy atom. The number of allylic oxidation sites excluding steroid dienone is 3. The Labute approximate surface area is 121 Å². The lowest BCUT2D eigenvalue weighted by atomic mass is 9.54. The van der Waals surface area contributed by atoms with Crippen molar-refractivity contribution in [3.05, 3.63) is 23.8 Å². The third-order valence-corrected chi connectivity index (χ3v) is 5.38. The minimum absolute atomic E-state index is 0.00493. The van der Waals surface area contributed by atoms with Crippen LogP contribution in [0.25, 0.3) is 0 Å². The first-order valence-electron chi connectivity index (χ1n) is 7.43. The Hall–Kier alpha value is -1.38. The van der Waals surface area contributed by atoms with E-state index in [9.17, 15) is 9.59 Å². The molecule has 110 valence electrons. The van der Waals surface area contributed by atoms with Gasteiger partial charge in [-0.15, -0.1) is 0 Å². The van der Waals surface area contributed by atoms with Crippen molar-refractivity contribution in [3.8, 4) is 0 Å². The molecule has 2 N–H and O–H groups in total. The average molecular weight is 275 g/mol. The molecule has 3 heteroatoms. The predicted molar refractivity (Wildman–Crippen MR) is 79.8 cm³/mol. The van der Waals surface area contributed by atoms with Gasteiger partial charge in [0.1, 0.15) is 0 Å². The molecule has 0 heterocycles. The van der Waals surface area contributed by atoms with E-state index in [0.717, 1.165) is 24.8 Å². The monoisotopic (exact) mass is 275 g/mol. The van der Waals surface area contributed by atoms with Crippen LogP contribution in [0, 0.1) is 23.2 Å². The molecule has 3 atom stereocenters. The summed E-state index contributed by atoms with van der Waals surface area (Å²) in [5.74, 6) is 0.606. The van der Waals surface area contributed by atoms with Crippen molar-refractivity contribution in [3.63, 3.8) is 0 Å². The summed E-state index contributed by atoms with van der Waals surface area (Å²) in [5.41, 5.74) is 7.42. The fourth-order valence-corrected chi connectivity index (χ4v) is 4.08. The quantitative estimate of drug-likeness (QED) is 0.805. The van der Waals surface area contributed by atoms with Crippen molar-refractivity contribution < 1.29 is 9.59 Å². The normalized spacial score (nSPS) is 32.5. The minimum atomic E-state index is -0.259. The lowest BCUT2D eigenvalue weighted by Crippen LogP contribution is -2.46. The standard InChI is InChI=1S/C17H25NO2/c1-10-9-14(19)16-13(12(10)7-8-15(18)20)6-5-11(2)17(16,3)4/h9,12-13,16H,2,5-8H2,1,3-4H3,(H2,18,20)/t12-,13+,16-/m1/s1. The van der Waals surface area contributed by atoms with Crippen molar-refractivity contribution in [2.24, 2.45) is 28.9 Å². The van der Waals surface area contributed by atoms with Gasteiger partial charge in [0.05, 0.1) is 0 Å². The van der Waals surface area contributed by atoms with Crippen molar-refractivity contribution >= 4 is 11.7 Å². The van der Waals surface area contributed by atoms with Crippen LogP contribution < -0.4 is 5.73 Å². The highest BCUT2D eigenvalue weighted by Crippen LogP contribution is 2.53. The van der Waals surface area contributed by atoms with Gasteiger partial charge in [0.25, 0.3) is 0 Å². The van der Waals surface area contributed by atoms with Gasteiger partial charge in [-0.3, -0.25) is 9.59 Å². The zero-order valence-corrected chi connectivity index (χ0v) is 12.7. The molecule has 0 spiro atoms. The largest absolute Gasteiger partial charge is 0.370 e. The van der Waals surface area contributed by atoms with E-state index < -0.39 is 0 Å². The number of amides is 1. The highest BCUT2D eigenvalue weighted by atomic mass is 16.1. The van der Waals surface area contributed by atoms with Crippen LogP contribution in [0.5, 0.6) is 0 Å². The second-order valence-electron chi connectivity index (χ2n) is 6.91. The Balaban J connectivity index is 2.32. The van der Waals surface area contributed by atoms with Gasteiger partial charge in [-0.1, -0.05) is 31.6 Å². The molecule has 0 radical (unpaired) electrons. The van der Waals surface area contributed by atoms with E-state index in [1.165, 1.54) is 5.57 Å². The van der Waals surface area contributed by atoms with Crippen LogP contribution in [0.2, 0.25) is 0 Å². The molecule has 0 aromatic heterocycles. The summed E-state index contributed by atoms with van der Waals surface area (Å²) in [7, 11) is 0. The van der Waals surface area contributed by atoms with Crippen molar-refractivity contribution in [1.29, 1.82) is 0 Å². The summed E-state index contributed by atoms with van der Waals surface area (Å²) in [5, 5.41) is 0. The number of hydrogen-bond acceptors (Lipinski definition) is 2. The van der Waals surface area contributed by atoms with Crippen LogP contribution in [-0.4, -0.2) is 11.7 Å². The van der Waals surface area contributed by atoms with Gasteiger partial charge in [0, 0.05) is 12.3 Å². The molecular weight excluding hydrogens is 250 g/mol. The van der Waals surface area contributed by atoms with Gasteiger partial charge < -0.3 is 5.73 Å². The summed E-state index contributed by atoms with van der Waals surface area (Å²) >= 11 is 0. The number of carbonyl (C=O) groups excluding carboxylic acids is 2. The van der Waals surface area contributed by atoms with Gasteiger partial charge in [0.2, 0.25) is 5.91 Å². The van der Waals surface area contributed by atoms with Crippen LogP contribution in [0.1, 0.15) is 46.5 Å². The van der Waals surface area contributed by atoms with Crippen LogP contribution in [0.4, 0.5) is 0 Å². The lowest BCUT2D eigenvalue weighted by molar-refractivity contribution is -0.126. The number of hydrogen-bond donors (Lipinski definition) is 1. The molecule has 0 aliphatic heterocycles. The van der Waals surface area contributed by atoms with E-state index in [2.05, 4.69) is 20.4 Å². The number of ketones is 1. The van der Waals surface area contributed by atoms with Crippen LogP contribution in [0.3, 0.4) is 0 Å². The maximum absolute atomic E-state index is 12.5. The van der Waals surface area contributed by atoms with Crippen LogP contribution in [-0.2, 0) is 9.59 Å². The van der Waals surface area contributed by atoms with Crippen molar-refractivity contribution in [1.82, 2.24) is 0 Å². The fraction of sp³-hybridized carbons (Fsp3) is 0.647. The topological polar surface area (TPSA) is 60.2 Å². The molecule has 1 amide bonds. The molecule has 0 saturated heterocycles. The first-order chi connectivity index (χ1) is 9.25. The first kappa shape index (κ1) is 15.0. The van der Waals surface area contributed by atoms with Crippen LogP contribution >= 0.6 is 0 Å². The molecule has 0 aromatic rings. The number of rotatable bonds is 3. The predicted octanol–water partition coefficient (Wildman–Crippen LogP) is 3.01. The van der Waals surface area contributed by atoms with Crippen LogP contribution in [0.15, 0.2) is 23.8 Å². The lowest BCUT2D eigenvalue weighted by Gasteiger charge is -2.49. The van der Waals surface area contributed by atoms with E-state index in [4.69, 9.17) is 5.73 Å². The van der Waals surface area contributed by atoms with Gasteiger partial charge in [-0.05, 0) is 49.5 Å². The van der Waals surface area contributed by atoms with E-state index >= 15 is 0 Å². The highest BCUT2D eigenvalue weighted by Gasteiger charge is 2.49. The molecule has 0 unspecified atom stereocenters. The summed E-state index contributed by atoms with van der Waals surface area (Å²) < 4.78 is 0. The summed E-state index contributed by atoms with van der Waals surface area (Å²) in [6.45, 7) is 10.4. The second-order valence-corrected chi connectivity index (χ2v) is 6.91. The maximum Gasteiger partial charge on any atom is 0.217 e. The SMILES string of the molecule is C=C1CC[C@H]2[C@H](CCC(N)=O)C(C)=CC(=O)[C@@H]2C1(C)C. The Kier molecular flexibility index (Phi) is 3.90. The second kappa shape index (κ2) is 5.19. The zero-order valence-electron chi connectivity index (χ0n) is 12.7. The molecule has 0 aromatic carbocycles. The van der Waals surface area contributed by atoms with Gasteiger partial charge in [0.15, 0.2) is 5.78 Å². The number of fused-ring (bicyclic) bond motifs is 1. The average Bonchev–Trinajstić information content (AvgIpc) is 2.32. The third kappa shape index (κ3) is 2.46. The number of nitrogens with two attached hydrogens (primary N) is 1. The van der Waals surface area contributed by atoms with Gasteiger partial charge in [-0.25, -0.2) is 0 Å². The third-order valence-electron chi connectivity index (χ3n) is 5.38. The molecule has 2 aliphatic carbocycles. The highest BCUT2D eigenvalue weighted by molar-refractivity contribution is 5.94. The molecular formula is C17H25NO2. The Morgan fingerprint density at radius 2 is 2.15 bits per heavy atom. The summed E-state index contributed by atoms with van der Waals surface area (Å²) in [6.07, 6.45) is 4.91. The number of carbonyl (C=O) groups is 2. The summed E-state index contributed by atoms with van der Waals surface area (Å²) in [6, 6.07) is 0. The van der Waals surface area contributed by atoms with Crippen molar-refractivity contribution in [2.75, 3.05) is 0 Å². The molecule has 20 heavy (non-hydrogen) atoms. The zero-order chi connectivity index (χ0) is 15.1. The van der Waals surface area contributed by atoms with Crippen molar-refractivity contribution in [2.45, 2.75) is 46.5 Å². The van der Waals surface area contributed by atoms with E-state index in [1.807, 2.05) is 6.92 Å². The molecule has 0 bridgehead atoms. The molecule has 3 nitrogen and oxygen atoms in total. The smallest absolute Gasteiger partial charge is 0.217 e. The molecule has 1 fully saturated rings. The summed E-state index contributed by atoms with van der Waals surface area (Å²) in [4.78, 5) is 23.5. The molecule has 1 saturated carbocycles. The Bertz CT molecular complexity index is 487. The molecule has 2 aliphatic rings. The first-order valence-corrected chi connectivity index (χ1v) is 7.43. The number of primary amides is 1. The Morgan fingerprint density at radius 1 is 1.50 bits per heavy atom. The van der Waals surface area contributed by atoms with Gasteiger partial charge >= 0.3 is 0 Å². The fourth-order valence-electron chi connectivity index (χ4n) is 4.08. The maximum atomic E-state index is 12.5. The van der Waals surface area contributed by atoms with E-state index in [0.29, 0.717) is 18.3 Å². The van der Waals surface area contributed by atoms with E-state index in [-0.39, 0.29) is 23.0 Å². The van der Waals surface area contributed by atoms with Gasteiger partial charge in [-0.2, -0.15) is 0 Å². The van der Waals surface area contributed by atoms with E-state index in [1.54, 1.807) is 6.08 Å². The minimum Gasteiger partial charge on any atom is -0.370 e.